The first-order valence-electron chi connectivity index (χ1n) is 10.8. The molecule has 2 amide bonds. The zero-order chi connectivity index (χ0) is 25.0. The second-order valence-electron chi connectivity index (χ2n) is 8.42. The van der Waals surface area contributed by atoms with Gasteiger partial charge in [0, 0.05) is 24.7 Å². The Morgan fingerprint density at radius 1 is 0.824 bits per heavy atom. The molecule has 178 valence electrons. The van der Waals surface area contributed by atoms with Crippen LogP contribution in [0.2, 0.25) is 0 Å². The minimum absolute atomic E-state index is 0.153. The van der Waals surface area contributed by atoms with Crippen molar-refractivity contribution >= 4 is 33.2 Å². The third-order valence-corrected chi connectivity index (χ3v) is 7.01. The first-order valence-corrected chi connectivity index (χ1v) is 12.3. The lowest BCUT2D eigenvalue weighted by Crippen LogP contribution is -2.23. The van der Waals surface area contributed by atoms with Crippen LogP contribution in [0.3, 0.4) is 0 Å². The van der Waals surface area contributed by atoms with Crippen molar-refractivity contribution in [2.75, 3.05) is 10.0 Å². The highest BCUT2D eigenvalue weighted by atomic mass is 32.2. The SMILES string of the molecule is CC(=O)Nc1ccc(CNC(=O)c2ccc(C)c(NS(=O)(=O)c3c(C)cc(C)cc3C)c2)cc1. The van der Waals surface area contributed by atoms with Crippen LogP contribution in [0.1, 0.15) is 45.1 Å². The molecule has 0 spiro atoms. The molecule has 0 bridgehead atoms. The summed E-state index contributed by atoms with van der Waals surface area (Å²) in [4.78, 5) is 24.1. The van der Waals surface area contributed by atoms with E-state index in [1.54, 1.807) is 51.1 Å². The molecule has 7 nitrogen and oxygen atoms in total. The number of hydrogen-bond donors (Lipinski definition) is 3. The van der Waals surface area contributed by atoms with Crippen molar-refractivity contribution in [3.63, 3.8) is 0 Å². The molecule has 0 atom stereocenters. The zero-order valence-corrected chi connectivity index (χ0v) is 20.8. The zero-order valence-electron chi connectivity index (χ0n) is 19.9. The van der Waals surface area contributed by atoms with E-state index in [0.29, 0.717) is 33.6 Å². The highest BCUT2D eigenvalue weighted by molar-refractivity contribution is 7.92. The maximum atomic E-state index is 13.2. The van der Waals surface area contributed by atoms with Gasteiger partial charge in [0.15, 0.2) is 0 Å². The summed E-state index contributed by atoms with van der Waals surface area (Å²) in [7, 11) is -3.84. The standard InChI is InChI=1S/C26H29N3O4S/c1-16-12-18(3)25(19(4)13-16)34(32,33)29-24-14-22(9-6-17(24)2)26(31)27-15-21-7-10-23(11-8-21)28-20(5)30/h6-14,29H,15H2,1-5H3,(H,27,31)(H,28,30). The molecule has 0 saturated heterocycles. The van der Waals surface area contributed by atoms with Crippen LogP contribution >= 0.6 is 0 Å². The predicted molar refractivity (Wildman–Crippen MR) is 135 cm³/mol. The van der Waals surface area contributed by atoms with E-state index in [1.807, 2.05) is 31.2 Å². The van der Waals surface area contributed by atoms with Crippen molar-refractivity contribution in [3.8, 4) is 0 Å². The van der Waals surface area contributed by atoms with Crippen LogP contribution in [0.4, 0.5) is 11.4 Å². The smallest absolute Gasteiger partial charge is 0.262 e. The highest BCUT2D eigenvalue weighted by Gasteiger charge is 2.21. The molecular weight excluding hydrogens is 450 g/mol. The minimum Gasteiger partial charge on any atom is -0.348 e. The van der Waals surface area contributed by atoms with Crippen molar-refractivity contribution in [2.24, 2.45) is 0 Å². The van der Waals surface area contributed by atoms with Gasteiger partial charge in [-0.15, -0.1) is 0 Å². The Balaban J connectivity index is 1.75. The van der Waals surface area contributed by atoms with Crippen LogP contribution in [-0.4, -0.2) is 20.2 Å². The molecule has 3 N–H and O–H groups in total. The average molecular weight is 480 g/mol. The Morgan fingerprint density at radius 3 is 2.03 bits per heavy atom. The van der Waals surface area contributed by atoms with Gasteiger partial charge in [0.05, 0.1) is 10.6 Å². The van der Waals surface area contributed by atoms with Gasteiger partial charge in [0.25, 0.3) is 15.9 Å². The van der Waals surface area contributed by atoms with E-state index in [-0.39, 0.29) is 23.3 Å². The van der Waals surface area contributed by atoms with Crippen molar-refractivity contribution in [3.05, 3.63) is 88.0 Å². The Hall–Kier alpha value is -3.65. The third kappa shape index (κ3) is 6.02. The van der Waals surface area contributed by atoms with Crippen molar-refractivity contribution < 1.29 is 18.0 Å². The largest absolute Gasteiger partial charge is 0.348 e. The molecule has 0 saturated carbocycles. The highest BCUT2D eigenvalue weighted by Crippen LogP contribution is 2.26. The van der Waals surface area contributed by atoms with Gasteiger partial charge in [-0.25, -0.2) is 8.42 Å². The maximum absolute atomic E-state index is 13.2. The Bertz CT molecular complexity index is 1320. The van der Waals surface area contributed by atoms with Crippen molar-refractivity contribution in [2.45, 2.75) is 46.1 Å². The van der Waals surface area contributed by atoms with Crippen LogP contribution in [0, 0.1) is 27.7 Å². The molecule has 34 heavy (non-hydrogen) atoms. The number of hydrogen-bond acceptors (Lipinski definition) is 4. The van der Waals surface area contributed by atoms with E-state index >= 15 is 0 Å². The lowest BCUT2D eigenvalue weighted by atomic mass is 10.1. The molecule has 0 aliphatic carbocycles. The molecule has 0 unspecified atom stereocenters. The number of rotatable bonds is 7. The lowest BCUT2D eigenvalue weighted by molar-refractivity contribution is -0.114. The summed E-state index contributed by atoms with van der Waals surface area (Å²) in [6, 6.07) is 15.7. The average Bonchev–Trinajstić information content (AvgIpc) is 2.73. The number of sulfonamides is 1. The van der Waals surface area contributed by atoms with Gasteiger partial charge in [-0.1, -0.05) is 35.9 Å². The summed E-state index contributed by atoms with van der Waals surface area (Å²) in [6.07, 6.45) is 0. The van der Waals surface area contributed by atoms with E-state index in [2.05, 4.69) is 15.4 Å². The molecule has 0 fully saturated rings. The first-order chi connectivity index (χ1) is 16.0. The number of amides is 2. The summed E-state index contributed by atoms with van der Waals surface area (Å²) in [5, 5.41) is 5.53. The Labute approximate surface area is 200 Å². The maximum Gasteiger partial charge on any atom is 0.262 e. The topological polar surface area (TPSA) is 104 Å². The van der Waals surface area contributed by atoms with E-state index in [4.69, 9.17) is 0 Å². The first kappa shape index (κ1) is 25.0. The number of benzene rings is 3. The van der Waals surface area contributed by atoms with Gasteiger partial charge in [0.1, 0.15) is 0 Å². The van der Waals surface area contributed by atoms with Crippen LogP contribution in [0.25, 0.3) is 0 Å². The van der Waals surface area contributed by atoms with Gasteiger partial charge in [-0.05, 0) is 74.2 Å². The Morgan fingerprint density at radius 2 is 1.44 bits per heavy atom. The molecule has 3 aromatic rings. The van der Waals surface area contributed by atoms with Gasteiger partial charge >= 0.3 is 0 Å². The van der Waals surface area contributed by atoms with Crippen molar-refractivity contribution in [1.29, 1.82) is 0 Å². The normalized spacial score (nSPS) is 11.1. The number of nitrogens with one attached hydrogen (secondary N) is 3. The fourth-order valence-electron chi connectivity index (χ4n) is 3.85. The molecule has 0 aliphatic rings. The summed E-state index contributed by atoms with van der Waals surface area (Å²) in [5.74, 6) is -0.478. The monoisotopic (exact) mass is 479 g/mol. The van der Waals surface area contributed by atoms with Gasteiger partial charge in [-0.2, -0.15) is 0 Å². The predicted octanol–water partition coefficient (Wildman–Crippen LogP) is 4.61. The second-order valence-corrected chi connectivity index (χ2v) is 10.0. The molecule has 8 heteroatoms. The number of anilines is 2. The van der Waals surface area contributed by atoms with Crippen LogP contribution in [0.15, 0.2) is 59.5 Å². The molecule has 0 radical (unpaired) electrons. The van der Waals surface area contributed by atoms with E-state index < -0.39 is 10.0 Å². The van der Waals surface area contributed by atoms with Crippen LogP contribution in [-0.2, 0) is 21.4 Å². The lowest BCUT2D eigenvalue weighted by Gasteiger charge is -2.16. The van der Waals surface area contributed by atoms with Gasteiger partial charge < -0.3 is 10.6 Å². The second kappa shape index (κ2) is 10.1. The molecule has 3 aromatic carbocycles. The number of carbonyl (C=O) groups is 2. The van der Waals surface area contributed by atoms with E-state index in [9.17, 15) is 18.0 Å². The molecule has 0 aromatic heterocycles. The number of carbonyl (C=O) groups excluding carboxylic acids is 2. The summed E-state index contributed by atoms with van der Waals surface area (Å²) >= 11 is 0. The van der Waals surface area contributed by atoms with E-state index in [0.717, 1.165) is 11.1 Å². The van der Waals surface area contributed by atoms with Crippen LogP contribution < -0.4 is 15.4 Å². The van der Waals surface area contributed by atoms with Crippen molar-refractivity contribution in [1.82, 2.24) is 5.32 Å². The summed E-state index contributed by atoms with van der Waals surface area (Å²) in [5.41, 5.74) is 5.27. The quantitative estimate of drug-likeness (QED) is 0.460. The number of aryl methyl sites for hydroxylation is 4. The summed E-state index contributed by atoms with van der Waals surface area (Å²) < 4.78 is 29.0. The van der Waals surface area contributed by atoms with Gasteiger partial charge in [-0.3, -0.25) is 14.3 Å². The Kier molecular flexibility index (Phi) is 7.41. The van der Waals surface area contributed by atoms with E-state index in [1.165, 1.54) is 6.92 Å². The molecular formula is C26H29N3O4S. The molecule has 0 aliphatic heterocycles. The summed E-state index contributed by atoms with van der Waals surface area (Å²) in [6.45, 7) is 8.98. The molecule has 0 heterocycles. The fraction of sp³-hybridized carbons (Fsp3) is 0.231. The fourth-order valence-corrected chi connectivity index (χ4v) is 5.43. The third-order valence-electron chi connectivity index (χ3n) is 5.34. The van der Waals surface area contributed by atoms with Crippen LogP contribution in [0.5, 0.6) is 0 Å². The molecule has 3 rings (SSSR count). The minimum atomic E-state index is -3.84. The van der Waals surface area contributed by atoms with Gasteiger partial charge in [0.2, 0.25) is 5.91 Å².